The maximum atomic E-state index is 2.40. The van der Waals surface area contributed by atoms with E-state index in [-0.39, 0.29) is 0 Å². The van der Waals surface area contributed by atoms with Crippen molar-refractivity contribution in [3.05, 3.63) is 78.4 Å². The van der Waals surface area contributed by atoms with Crippen LogP contribution in [0.2, 0.25) is 0 Å². The number of hydrogen-bond acceptors (Lipinski definition) is 2. The van der Waals surface area contributed by atoms with Crippen molar-refractivity contribution in [2.45, 2.75) is 6.92 Å². The molecular formula is C21H20N2. The van der Waals surface area contributed by atoms with Gasteiger partial charge in [-0.1, -0.05) is 54.6 Å². The van der Waals surface area contributed by atoms with Gasteiger partial charge >= 0.3 is 0 Å². The van der Waals surface area contributed by atoms with Crippen LogP contribution in [0.3, 0.4) is 0 Å². The van der Waals surface area contributed by atoms with E-state index < -0.39 is 0 Å². The van der Waals surface area contributed by atoms with Crippen molar-refractivity contribution in [1.29, 1.82) is 0 Å². The van der Waals surface area contributed by atoms with Gasteiger partial charge in [0.1, 0.15) is 0 Å². The minimum absolute atomic E-state index is 0.887. The summed E-state index contributed by atoms with van der Waals surface area (Å²) in [4.78, 5) is 4.70. The Morgan fingerprint density at radius 1 is 0.696 bits per heavy atom. The summed E-state index contributed by atoms with van der Waals surface area (Å²) in [5.74, 6) is 0. The van der Waals surface area contributed by atoms with E-state index >= 15 is 0 Å². The number of aryl methyl sites for hydroxylation is 1. The highest BCUT2D eigenvalue weighted by molar-refractivity contribution is 5.84. The lowest BCUT2D eigenvalue weighted by Crippen LogP contribution is -2.24. The van der Waals surface area contributed by atoms with E-state index in [0.29, 0.717) is 0 Å². The smallest absolute Gasteiger partial charge is 0.0950 e. The Morgan fingerprint density at radius 2 is 1.39 bits per heavy atom. The molecule has 4 rings (SSSR count). The fourth-order valence-corrected chi connectivity index (χ4v) is 3.30. The Labute approximate surface area is 137 Å². The first kappa shape index (κ1) is 13.9. The molecule has 1 heterocycles. The van der Waals surface area contributed by atoms with E-state index in [0.717, 1.165) is 6.67 Å². The average molecular weight is 300 g/mol. The van der Waals surface area contributed by atoms with Gasteiger partial charge in [0.25, 0.3) is 0 Å². The Hall–Kier alpha value is -2.74. The van der Waals surface area contributed by atoms with Crippen molar-refractivity contribution < 1.29 is 0 Å². The standard InChI is InChI=1S/C21H20N2/c1-16-12-13-18(17-8-4-3-5-9-17)14-21(16)23-15-22(2)19-10-6-7-11-20(19)23/h3-14H,15H2,1-2H3. The van der Waals surface area contributed by atoms with Gasteiger partial charge in [0.15, 0.2) is 0 Å². The summed E-state index contributed by atoms with van der Waals surface area (Å²) >= 11 is 0. The highest BCUT2D eigenvalue weighted by Gasteiger charge is 2.25. The van der Waals surface area contributed by atoms with Crippen molar-refractivity contribution in [3.8, 4) is 11.1 Å². The molecule has 2 heteroatoms. The molecule has 3 aromatic carbocycles. The Kier molecular flexibility index (Phi) is 3.30. The maximum Gasteiger partial charge on any atom is 0.0950 e. The number of rotatable bonds is 2. The minimum atomic E-state index is 0.887. The SMILES string of the molecule is Cc1ccc(-c2ccccc2)cc1N1CN(C)c2ccccc21. The average Bonchev–Trinajstić information content (AvgIpc) is 2.93. The molecular weight excluding hydrogens is 280 g/mol. The number of hydrogen-bond donors (Lipinski definition) is 0. The Balaban J connectivity index is 1.81. The van der Waals surface area contributed by atoms with Crippen LogP contribution in [0.5, 0.6) is 0 Å². The molecule has 0 bridgehead atoms. The monoisotopic (exact) mass is 300 g/mol. The molecule has 114 valence electrons. The topological polar surface area (TPSA) is 6.48 Å². The summed E-state index contributed by atoms with van der Waals surface area (Å²) in [6.45, 7) is 3.07. The van der Waals surface area contributed by atoms with Gasteiger partial charge in [0, 0.05) is 12.7 Å². The first-order chi connectivity index (χ1) is 11.2. The fourth-order valence-electron chi connectivity index (χ4n) is 3.30. The van der Waals surface area contributed by atoms with Crippen LogP contribution in [0.4, 0.5) is 17.1 Å². The summed E-state index contributed by atoms with van der Waals surface area (Å²) in [7, 11) is 2.15. The Bertz CT molecular complexity index is 839. The van der Waals surface area contributed by atoms with Crippen LogP contribution in [-0.4, -0.2) is 13.7 Å². The van der Waals surface area contributed by atoms with Crippen LogP contribution in [0.1, 0.15) is 5.56 Å². The largest absolute Gasteiger partial charge is 0.355 e. The molecule has 0 spiro atoms. The highest BCUT2D eigenvalue weighted by atomic mass is 15.4. The predicted octanol–water partition coefficient (Wildman–Crippen LogP) is 5.21. The molecule has 0 aromatic heterocycles. The van der Waals surface area contributed by atoms with Crippen LogP contribution in [0.15, 0.2) is 72.8 Å². The highest BCUT2D eigenvalue weighted by Crippen LogP contribution is 2.41. The lowest BCUT2D eigenvalue weighted by molar-refractivity contribution is 0.946. The molecule has 0 fully saturated rings. The van der Waals surface area contributed by atoms with Crippen LogP contribution in [0, 0.1) is 6.92 Å². The minimum Gasteiger partial charge on any atom is -0.355 e. The molecule has 0 atom stereocenters. The molecule has 1 aliphatic heterocycles. The lowest BCUT2D eigenvalue weighted by atomic mass is 10.0. The van der Waals surface area contributed by atoms with Crippen molar-refractivity contribution >= 4 is 17.1 Å². The zero-order chi connectivity index (χ0) is 15.8. The molecule has 0 amide bonds. The van der Waals surface area contributed by atoms with Crippen molar-refractivity contribution in [1.82, 2.24) is 0 Å². The van der Waals surface area contributed by atoms with Crippen LogP contribution in [-0.2, 0) is 0 Å². The summed E-state index contributed by atoms with van der Waals surface area (Å²) < 4.78 is 0. The van der Waals surface area contributed by atoms with E-state index in [1.54, 1.807) is 0 Å². The number of para-hydroxylation sites is 2. The maximum absolute atomic E-state index is 2.40. The zero-order valence-corrected chi connectivity index (χ0v) is 13.5. The molecule has 0 saturated heterocycles. The van der Waals surface area contributed by atoms with Crippen molar-refractivity contribution in [3.63, 3.8) is 0 Å². The molecule has 0 N–H and O–H groups in total. The second kappa shape index (κ2) is 5.47. The van der Waals surface area contributed by atoms with E-state index in [4.69, 9.17) is 0 Å². The Morgan fingerprint density at radius 3 is 2.17 bits per heavy atom. The summed E-state index contributed by atoms with van der Waals surface area (Å²) in [5.41, 5.74) is 7.67. The van der Waals surface area contributed by atoms with Gasteiger partial charge in [0.05, 0.1) is 18.0 Å². The third-order valence-corrected chi connectivity index (χ3v) is 4.54. The molecule has 0 aliphatic carbocycles. The van der Waals surface area contributed by atoms with Gasteiger partial charge in [-0.2, -0.15) is 0 Å². The van der Waals surface area contributed by atoms with Gasteiger partial charge in [-0.25, -0.2) is 0 Å². The third kappa shape index (κ3) is 2.36. The number of fused-ring (bicyclic) bond motifs is 1. The lowest BCUT2D eigenvalue weighted by Gasteiger charge is -2.22. The molecule has 0 radical (unpaired) electrons. The molecule has 2 nitrogen and oxygen atoms in total. The number of benzene rings is 3. The van der Waals surface area contributed by atoms with Crippen molar-refractivity contribution in [2.24, 2.45) is 0 Å². The second-order valence-electron chi connectivity index (χ2n) is 6.12. The van der Waals surface area contributed by atoms with Crippen LogP contribution in [0.25, 0.3) is 11.1 Å². The van der Waals surface area contributed by atoms with E-state index in [9.17, 15) is 0 Å². The summed E-state index contributed by atoms with van der Waals surface area (Å²) in [6.07, 6.45) is 0. The van der Waals surface area contributed by atoms with Gasteiger partial charge in [0.2, 0.25) is 0 Å². The first-order valence-corrected chi connectivity index (χ1v) is 7.98. The molecule has 0 saturated carbocycles. The quantitative estimate of drug-likeness (QED) is 0.641. The second-order valence-corrected chi connectivity index (χ2v) is 6.12. The van der Waals surface area contributed by atoms with Gasteiger partial charge < -0.3 is 9.80 Å². The van der Waals surface area contributed by atoms with Gasteiger partial charge in [-0.3, -0.25) is 0 Å². The summed E-state index contributed by atoms with van der Waals surface area (Å²) in [5, 5.41) is 0. The van der Waals surface area contributed by atoms with Gasteiger partial charge in [-0.05, 0) is 41.8 Å². The molecule has 0 unspecified atom stereocenters. The van der Waals surface area contributed by atoms with Crippen LogP contribution < -0.4 is 9.80 Å². The number of nitrogens with zero attached hydrogens (tertiary/aromatic N) is 2. The first-order valence-electron chi connectivity index (χ1n) is 7.98. The summed E-state index contributed by atoms with van der Waals surface area (Å²) in [6, 6.07) is 25.9. The number of anilines is 3. The van der Waals surface area contributed by atoms with Gasteiger partial charge in [-0.15, -0.1) is 0 Å². The fraction of sp³-hybridized carbons (Fsp3) is 0.143. The zero-order valence-electron chi connectivity index (χ0n) is 13.5. The molecule has 1 aliphatic rings. The van der Waals surface area contributed by atoms with Crippen molar-refractivity contribution in [2.75, 3.05) is 23.5 Å². The molecule has 23 heavy (non-hydrogen) atoms. The molecule has 3 aromatic rings. The normalized spacial score (nSPS) is 13.3. The predicted molar refractivity (Wildman–Crippen MR) is 98.5 cm³/mol. The van der Waals surface area contributed by atoms with E-state index in [1.807, 2.05) is 0 Å². The van der Waals surface area contributed by atoms with Crippen LogP contribution >= 0.6 is 0 Å². The van der Waals surface area contributed by atoms with E-state index in [2.05, 4.69) is 96.6 Å². The van der Waals surface area contributed by atoms with E-state index in [1.165, 1.54) is 33.8 Å². The third-order valence-electron chi connectivity index (χ3n) is 4.54.